The highest BCUT2D eigenvalue weighted by molar-refractivity contribution is 6.14. The highest BCUT2D eigenvalue weighted by Crippen LogP contribution is 2.25. The zero-order valence-electron chi connectivity index (χ0n) is 17.5. The summed E-state index contributed by atoms with van der Waals surface area (Å²) in [7, 11) is 1.53. The van der Waals surface area contributed by atoms with E-state index in [1.54, 1.807) is 47.4 Å². The van der Waals surface area contributed by atoms with Crippen LogP contribution in [0.3, 0.4) is 0 Å². The molecule has 0 saturated heterocycles. The van der Waals surface area contributed by atoms with Crippen molar-refractivity contribution in [2.75, 3.05) is 7.11 Å². The molecule has 156 valence electrons. The van der Waals surface area contributed by atoms with Gasteiger partial charge in [-0.05, 0) is 35.9 Å². The summed E-state index contributed by atoms with van der Waals surface area (Å²) in [5, 5.41) is 14.5. The van der Waals surface area contributed by atoms with Crippen molar-refractivity contribution in [1.82, 2.24) is 14.8 Å². The van der Waals surface area contributed by atoms with Crippen LogP contribution < -0.4 is 4.74 Å². The molecule has 0 radical (unpaired) electrons. The molecule has 2 aromatic heterocycles. The lowest BCUT2D eigenvalue weighted by atomic mass is 10.0. The fourth-order valence-corrected chi connectivity index (χ4v) is 3.34. The number of carbonyl (C=O) groups is 1. The third-order valence-electron chi connectivity index (χ3n) is 4.91. The van der Waals surface area contributed by atoms with E-state index in [-0.39, 0.29) is 11.4 Å². The highest BCUT2D eigenvalue weighted by atomic mass is 16.5. The number of hydrogen-bond donors (Lipinski definition) is 0. The van der Waals surface area contributed by atoms with Gasteiger partial charge in [0.25, 0.3) is 0 Å². The number of Topliss-reactive ketones (excluding diaryl/α,β-unsaturated/α-hetero) is 1. The smallest absolute Gasteiger partial charge is 0.203 e. The Bertz CT molecular complexity index is 1300. The molecule has 4 rings (SSSR count). The highest BCUT2D eigenvalue weighted by Gasteiger charge is 2.16. The molecule has 0 atom stereocenters. The summed E-state index contributed by atoms with van der Waals surface area (Å²) in [5.74, 6) is 0.180. The number of allylic oxidation sites excluding steroid dienone is 1. The summed E-state index contributed by atoms with van der Waals surface area (Å²) in [6.45, 7) is 0.563. The van der Waals surface area contributed by atoms with Gasteiger partial charge in [-0.15, -0.1) is 0 Å². The van der Waals surface area contributed by atoms with E-state index in [0.717, 1.165) is 11.1 Å². The Hall–Kier alpha value is -4.50. The first-order valence-corrected chi connectivity index (χ1v) is 10.0. The first-order valence-electron chi connectivity index (χ1n) is 10.0. The number of rotatable bonds is 7. The minimum absolute atomic E-state index is 0.0163. The van der Waals surface area contributed by atoms with E-state index in [1.807, 2.05) is 54.7 Å². The lowest BCUT2D eigenvalue weighted by Crippen LogP contribution is -2.02. The number of carbonyl (C=O) groups excluding carboxylic acids is 1. The summed E-state index contributed by atoms with van der Waals surface area (Å²) in [4.78, 5) is 17.2. The van der Waals surface area contributed by atoms with E-state index >= 15 is 0 Å². The number of hydrogen-bond acceptors (Lipinski definition) is 5. The number of ether oxygens (including phenoxy) is 1. The molecule has 0 amide bonds. The molecule has 0 fully saturated rings. The van der Waals surface area contributed by atoms with E-state index in [2.05, 4.69) is 4.98 Å². The number of pyridine rings is 1. The molecule has 32 heavy (non-hydrogen) atoms. The zero-order chi connectivity index (χ0) is 22.3. The van der Waals surface area contributed by atoms with Crippen molar-refractivity contribution < 1.29 is 9.53 Å². The average Bonchev–Trinajstić information content (AvgIpc) is 3.25. The number of aromatic nitrogens is 3. The average molecular weight is 420 g/mol. The number of benzene rings is 2. The molecule has 6 nitrogen and oxygen atoms in total. The Balaban J connectivity index is 1.75. The summed E-state index contributed by atoms with van der Waals surface area (Å²) in [5.41, 5.74) is 3.62. The predicted octanol–water partition coefficient (Wildman–Crippen LogP) is 4.79. The number of nitriles is 1. The standard InChI is InChI=1S/C26H20N4O2/c1-32-24-11-5-9-20(14-24)26(31)22(15-27)13-23-18-30(17-19-7-3-2-4-8-19)29-25(23)21-10-6-12-28-16-21/h2-14,16,18H,17H2,1H3/b22-13-. The topological polar surface area (TPSA) is 80.8 Å². The van der Waals surface area contributed by atoms with Gasteiger partial charge in [-0.1, -0.05) is 42.5 Å². The van der Waals surface area contributed by atoms with Crippen LogP contribution in [0.4, 0.5) is 0 Å². The maximum Gasteiger partial charge on any atom is 0.203 e. The van der Waals surface area contributed by atoms with Gasteiger partial charge in [0.2, 0.25) is 5.78 Å². The summed E-state index contributed by atoms with van der Waals surface area (Å²) < 4.78 is 7.00. The molecule has 0 unspecified atom stereocenters. The van der Waals surface area contributed by atoms with Crippen molar-refractivity contribution in [2.45, 2.75) is 6.54 Å². The van der Waals surface area contributed by atoms with E-state index in [0.29, 0.717) is 29.1 Å². The lowest BCUT2D eigenvalue weighted by Gasteiger charge is -2.03. The van der Waals surface area contributed by atoms with Crippen LogP contribution in [0.5, 0.6) is 5.75 Å². The Labute approximate surface area is 186 Å². The van der Waals surface area contributed by atoms with Gasteiger partial charge in [0, 0.05) is 35.3 Å². The number of nitrogens with zero attached hydrogens (tertiary/aromatic N) is 4. The minimum atomic E-state index is -0.376. The lowest BCUT2D eigenvalue weighted by molar-refractivity contribution is 0.103. The van der Waals surface area contributed by atoms with Crippen molar-refractivity contribution in [3.05, 3.63) is 108 Å². The van der Waals surface area contributed by atoms with Crippen LogP contribution in [-0.4, -0.2) is 27.7 Å². The zero-order valence-corrected chi connectivity index (χ0v) is 17.5. The van der Waals surface area contributed by atoms with Gasteiger partial charge in [0.05, 0.1) is 13.7 Å². The molecule has 4 aromatic rings. The van der Waals surface area contributed by atoms with Gasteiger partial charge >= 0.3 is 0 Å². The molecule has 0 aliphatic heterocycles. The van der Waals surface area contributed by atoms with Crippen LogP contribution in [0.15, 0.2) is 90.9 Å². The van der Waals surface area contributed by atoms with Crippen LogP contribution in [0, 0.1) is 11.3 Å². The molecule has 6 heteroatoms. The number of ketones is 1. The molecule has 0 aliphatic carbocycles. The second-order valence-electron chi connectivity index (χ2n) is 7.09. The Kier molecular flexibility index (Phi) is 6.19. The summed E-state index contributed by atoms with van der Waals surface area (Å²) >= 11 is 0. The van der Waals surface area contributed by atoms with Crippen molar-refractivity contribution in [3.8, 4) is 23.1 Å². The number of methoxy groups -OCH3 is 1. The van der Waals surface area contributed by atoms with E-state index in [9.17, 15) is 10.1 Å². The van der Waals surface area contributed by atoms with Crippen molar-refractivity contribution in [3.63, 3.8) is 0 Å². The van der Waals surface area contributed by atoms with Gasteiger partial charge in [-0.25, -0.2) is 0 Å². The first-order chi connectivity index (χ1) is 15.7. The van der Waals surface area contributed by atoms with Gasteiger partial charge in [0.1, 0.15) is 23.1 Å². The molecule has 0 spiro atoms. The Morgan fingerprint density at radius 1 is 1.12 bits per heavy atom. The molecule has 0 bridgehead atoms. The van der Waals surface area contributed by atoms with Crippen LogP contribution >= 0.6 is 0 Å². The monoisotopic (exact) mass is 420 g/mol. The molecule has 0 saturated carbocycles. The summed E-state index contributed by atoms with van der Waals surface area (Å²) in [6.07, 6.45) is 6.82. The molecule has 2 heterocycles. The van der Waals surface area contributed by atoms with Crippen LogP contribution in [0.2, 0.25) is 0 Å². The van der Waals surface area contributed by atoms with Crippen molar-refractivity contribution in [1.29, 1.82) is 5.26 Å². The fraction of sp³-hybridized carbons (Fsp3) is 0.0769. The maximum absolute atomic E-state index is 13.0. The quantitative estimate of drug-likeness (QED) is 0.244. The van der Waals surface area contributed by atoms with Crippen LogP contribution in [0.1, 0.15) is 21.5 Å². The van der Waals surface area contributed by atoms with Gasteiger partial charge in [-0.2, -0.15) is 10.4 Å². The molecular formula is C26H20N4O2. The first kappa shape index (κ1) is 20.8. The van der Waals surface area contributed by atoms with Crippen molar-refractivity contribution >= 4 is 11.9 Å². The Morgan fingerprint density at radius 2 is 1.97 bits per heavy atom. The second kappa shape index (κ2) is 9.54. The Morgan fingerprint density at radius 3 is 2.69 bits per heavy atom. The van der Waals surface area contributed by atoms with Gasteiger partial charge in [-0.3, -0.25) is 14.5 Å². The predicted molar refractivity (Wildman–Crippen MR) is 122 cm³/mol. The van der Waals surface area contributed by atoms with E-state index < -0.39 is 0 Å². The van der Waals surface area contributed by atoms with Crippen LogP contribution in [0.25, 0.3) is 17.3 Å². The maximum atomic E-state index is 13.0. The molecular weight excluding hydrogens is 400 g/mol. The normalized spacial score (nSPS) is 11.1. The SMILES string of the molecule is COc1cccc(C(=O)/C(C#N)=C\c2cn(Cc3ccccc3)nc2-c2cccnc2)c1. The van der Waals surface area contributed by atoms with Crippen molar-refractivity contribution in [2.24, 2.45) is 0 Å². The molecule has 0 aliphatic rings. The van der Waals surface area contributed by atoms with E-state index in [4.69, 9.17) is 9.84 Å². The van der Waals surface area contributed by atoms with Gasteiger partial charge in [0.15, 0.2) is 0 Å². The molecule has 0 N–H and O–H groups in total. The molecule has 2 aromatic carbocycles. The van der Waals surface area contributed by atoms with Crippen LogP contribution in [-0.2, 0) is 6.54 Å². The minimum Gasteiger partial charge on any atom is -0.497 e. The fourth-order valence-electron chi connectivity index (χ4n) is 3.34. The largest absolute Gasteiger partial charge is 0.497 e. The third kappa shape index (κ3) is 4.63. The second-order valence-corrected chi connectivity index (χ2v) is 7.09. The van der Waals surface area contributed by atoms with Gasteiger partial charge < -0.3 is 4.74 Å². The summed E-state index contributed by atoms with van der Waals surface area (Å²) in [6, 6.07) is 22.5. The van der Waals surface area contributed by atoms with E-state index in [1.165, 1.54) is 7.11 Å². The third-order valence-corrected chi connectivity index (χ3v) is 4.91.